The Labute approximate surface area is 198 Å². The molecule has 0 radical (unpaired) electrons. The average molecular weight is 474 g/mol. The zero-order valence-corrected chi connectivity index (χ0v) is 18.7. The van der Waals surface area contributed by atoms with E-state index < -0.39 is 22.1 Å². The molecule has 0 spiro atoms. The number of benzene rings is 3. The van der Waals surface area contributed by atoms with E-state index in [1.54, 1.807) is 24.3 Å². The highest BCUT2D eigenvalue weighted by molar-refractivity contribution is 6.06. The van der Waals surface area contributed by atoms with Crippen molar-refractivity contribution in [2.24, 2.45) is 0 Å². The summed E-state index contributed by atoms with van der Waals surface area (Å²) in [5, 5.41) is 18.2. The lowest BCUT2D eigenvalue weighted by Gasteiger charge is -2.18. The molecule has 0 aliphatic carbocycles. The third-order valence-corrected chi connectivity index (χ3v) is 5.26. The van der Waals surface area contributed by atoms with Crippen molar-refractivity contribution in [2.75, 3.05) is 12.4 Å². The van der Waals surface area contributed by atoms with Gasteiger partial charge in [-0.1, -0.05) is 18.2 Å². The van der Waals surface area contributed by atoms with Crippen molar-refractivity contribution in [3.8, 4) is 22.6 Å². The van der Waals surface area contributed by atoms with Crippen LogP contribution >= 0.6 is 0 Å². The lowest BCUT2D eigenvalue weighted by atomic mass is 10.0. The van der Waals surface area contributed by atoms with Gasteiger partial charge in [-0.25, -0.2) is 9.07 Å². The molecule has 4 rings (SSSR count). The Hall–Kier alpha value is -4.86. The molecule has 176 valence electrons. The number of amides is 1. The highest BCUT2D eigenvalue weighted by atomic mass is 19.1. The molecule has 1 aromatic heterocycles. The number of hydrogen-bond donors (Lipinski definition) is 1. The average Bonchev–Trinajstić information content (AvgIpc) is 2.87. The van der Waals surface area contributed by atoms with Crippen LogP contribution in [0.4, 0.5) is 15.9 Å². The monoisotopic (exact) mass is 474 g/mol. The van der Waals surface area contributed by atoms with E-state index in [0.29, 0.717) is 17.0 Å². The molecule has 0 saturated carbocycles. The minimum Gasteiger partial charge on any atom is -0.497 e. The molecule has 0 aliphatic rings. The Kier molecular flexibility index (Phi) is 6.36. The van der Waals surface area contributed by atoms with Crippen LogP contribution in [0.25, 0.3) is 16.8 Å². The van der Waals surface area contributed by atoms with E-state index in [4.69, 9.17) is 4.74 Å². The molecule has 1 heterocycles. The smallest absolute Gasteiger partial charge is 0.270 e. The van der Waals surface area contributed by atoms with E-state index in [2.05, 4.69) is 10.4 Å². The number of non-ortho nitro benzene ring substituents is 1. The summed E-state index contributed by atoms with van der Waals surface area (Å²) in [5.41, 5.74) is 0.481. The van der Waals surface area contributed by atoms with Gasteiger partial charge in [-0.05, 0) is 55.0 Å². The SMILES string of the molecule is COc1ccc(-c2c(NC(=O)c3cccc([N+](=O)[O-])c3)n(-c3ccc(F)cc3)nc(C)c2=O)cc1. The lowest BCUT2D eigenvalue weighted by molar-refractivity contribution is -0.384. The summed E-state index contributed by atoms with van der Waals surface area (Å²) >= 11 is 0. The van der Waals surface area contributed by atoms with Gasteiger partial charge in [-0.2, -0.15) is 5.10 Å². The Morgan fingerprint density at radius 2 is 1.77 bits per heavy atom. The summed E-state index contributed by atoms with van der Waals surface area (Å²) in [6, 6.07) is 17.2. The van der Waals surface area contributed by atoms with Crippen molar-refractivity contribution in [3.05, 3.63) is 110 Å². The minimum atomic E-state index is -0.690. The number of carbonyl (C=O) groups is 1. The lowest BCUT2D eigenvalue weighted by Crippen LogP contribution is -2.25. The molecular weight excluding hydrogens is 455 g/mol. The van der Waals surface area contributed by atoms with Crippen LogP contribution in [0.5, 0.6) is 5.75 Å². The number of aryl methyl sites for hydroxylation is 1. The normalized spacial score (nSPS) is 10.6. The van der Waals surface area contributed by atoms with Crippen molar-refractivity contribution in [1.29, 1.82) is 0 Å². The molecule has 4 aromatic rings. The number of nitro benzene ring substituents is 1. The number of halogens is 1. The third kappa shape index (κ3) is 4.76. The summed E-state index contributed by atoms with van der Waals surface area (Å²) < 4.78 is 20.1. The molecule has 9 nitrogen and oxygen atoms in total. The van der Waals surface area contributed by atoms with Crippen LogP contribution in [0.3, 0.4) is 0 Å². The van der Waals surface area contributed by atoms with Crippen LogP contribution < -0.4 is 15.5 Å². The standard InChI is InChI=1S/C25H19FN4O5/c1-15-23(31)22(16-6-12-21(35-2)13-7-16)24(29(28-15)19-10-8-18(26)9-11-19)27-25(32)17-4-3-5-20(14-17)30(33)34/h3-14H,1-2H3,(H,27,32). The molecule has 1 amide bonds. The van der Waals surface area contributed by atoms with Crippen LogP contribution in [-0.4, -0.2) is 27.7 Å². The van der Waals surface area contributed by atoms with Crippen LogP contribution in [0.2, 0.25) is 0 Å². The zero-order valence-electron chi connectivity index (χ0n) is 18.7. The van der Waals surface area contributed by atoms with Gasteiger partial charge >= 0.3 is 0 Å². The minimum absolute atomic E-state index is 0.0126. The molecule has 0 bridgehead atoms. The predicted molar refractivity (Wildman–Crippen MR) is 128 cm³/mol. The van der Waals surface area contributed by atoms with Gasteiger partial charge in [0.15, 0.2) is 0 Å². The first-order chi connectivity index (χ1) is 16.8. The first-order valence-corrected chi connectivity index (χ1v) is 10.4. The van der Waals surface area contributed by atoms with Gasteiger partial charge in [-0.3, -0.25) is 19.7 Å². The second-order valence-corrected chi connectivity index (χ2v) is 7.52. The number of nitrogens with one attached hydrogen (secondary N) is 1. The van der Waals surface area contributed by atoms with E-state index in [-0.39, 0.29) is 28.3 Å². The van der Waals surface area contributed by atoms with Crippen molar-refractivity contribution >= 4 is 17.4 Å². The van der Waals surface area contributed by atoms with Gasteiger partial charge < -0.3 is 10.1 Å². The number of methoxy groups -OCH3 is 1. The van der Waals surface area contributed by atoms with Crippen LogP contribution in [0.1, 0.15) is 16.1 Å². The number of nitro groups is 1. The van der Waals surface area contributed by atoms with Crippen LogP contribution in [-0.2, 0) is 0 Å². The van der Waals surface area contributed by atoms with E-state index in [1.165, 1.54) is 61.2 Å². The number of hydrogen-bond acceptors (Lipinski definition) is 6. The molecule has 10 heteroatoms. The maximum Gasteiger partial charge on any atom is 0.270 e. The Morgan fingerprint density at radius 3 is 2.40 bits per heavy atom. The maximum absolute atomic E-state index is 13.6. The van der Waals surface area contributed by atoms with E-state index in [9.17, 15) is 24.1 Å². The van der Waals surface area contributed by atoms with Gasteiger partial charge in [0, 0.05) is 17.7 Å². The molecule has 1 N–H and O–H groups in total. The van der Waals surface area contributed by atoms with Crippen molar-refractivity contribution < 1.29 is 18.8 Å². The second-order valence-electron chi connectivity index (χ2n) is 7.52. The Balaban J connectivity index is 1.93. The van der Waals surface area contributed by atoms with Crippen LogP contribution in [0.15, 0.2) is 77.6 Å². The molecule has 0 aliphatic heterocycles. The molecule has 0 atom stereocenters. The Morgan fingerprint density at radius 1 is 1.09 bits per heavy atom. The molecule has 0 fully saturated rings. The number of anilines is 1. The maximum atomic E-state index is 13.6. The fraction of sp³-hybridized carbons (Fsp3) is 0.0800. The summed E-state index contributed by atoms with van der Waals surface area (Å²) in [5.74, 6) is -0.567. The van der Waals surface area contributed by atoms with E-state index in [0.717, 1.165) is 6.07 Å². The van der Waals surface area contributed by atoms with Crippen molar-refractivity contribution in [3.63, 3.8) is 0 Å². The predicted octanol–water partition coefficient (Wildman–Crippen LogP) is 4.52. The highest BCUT2D eigenvalue weighted by Gasteiger charge is 2.22. The van der Waals surface area contributed by atoms with E-state index in [1.807, 2.05) is 0 Å². The zero-order chi connectivity index (χ0) is 25.1. The number of ether oxygens (including phenoxy) is 1. The van der Waals surface area contributed by atoms with Crippen molar-refractivity contribution in [1.82, 2.24) is 9.78 Å². The number of rotatable bonds is 6. The molecule has 3 aromatic carbocycles. The summed E-state index contributed by atoms with van der Waals surface area (Å²) in [6.45, 7) is 1.53. The summed E-state index contributed by atoms with van der Waals surface area (Å²) in [7, 11) is 1.51. The molecule has 0 saturated heterocycles. The van der Waals surface area contributed by atoms with Gasteiger partial charge in [0.05, 0.1) is 23.3 Å². The van der Waals surface area contributed by atoms with Gasteiger partial charge in [0.1, 0.15) is 23.1 Å². The number of aromatic nitrogens is 2. The van der Waals surface area contributed by atoms with Crippen LogP contribution in [0, 0.1) is 22.9 Å². The molecule has 35 heavy (non-hydrogen) atoms. The summed E-state index contributed by atoms with van der Waals surface area (Å²) in [4.78, 5) is 36.9. The first-order valence-electron chi connectivity index (χ1n) is 10.4. The molecular formula is C25H19FN4O5. The molecule has 0 unspecified atom stereocenters. The van der Waals surface area contributed by atoms with E-state index >= 15 is 0 Å². The van der Waals surface area contributed by atoms with Crippen molar-refractivity contribution in [2.45, 2.75) is 6.92 Å². The second kappa shape index (κ2) is 9.56. The quantitative estimate of drug-likeness (QED) is 0.325. The topological polar surface area (TPSA) is 116 Å². The fourth-order valence-corrected chi connectivity index (χ4v) is 3.49. The van der Waals surface area contributed by atoms with Gasteiger partial charge in [-0.15, -0.1) is 0 Å². The van der Waals surface area contributed by atoms with Gasteiger partial charge in [0.2, 0.25) is 5.43 Å². The van der Waals surface area contributed by atoms with Gasteiger partial charge in [0.25, 0.3) is 11.6 Å². The summed E-state index contributed by atoms with van der Waals surface area (Å²) in [6.07, 6.45) is 0. The number of nitrogens with zero attached hydrogens (tertiary/aromatic N) is 3. The largest absolute Gasteiger partial charge is 0.497 e. The first kappa shape index (κ1) is 23.3. The Bertz CT molecular complexity index is 1480. The third-order valence-electron chi connectivity index (χ3n) is 5.26. The fourth-order valence-electron chi connectivity index (χ4n) is 3.49. The highest BCUT2D eigenvalue weighted by Crippen LogP contribution is 2.29. The number of carbonyl (C=O) groups excluding carboxylic acids is 1.